The molecule has 0 fully saturated rings. The Kier molecular flexibility index (Phi) is 7.92. The molecule has 0 saturated carbocycles. The van der Waals surface area contributed by atoms with Gasteiger partial charge in [-0.25, -0.2) is 0 Å². The summed E-state index contributed by atoms with van der Waals surface area (Å²) in [5, 5.41) is 13.3. The highest BCUT2D eigenvalue weighted by atomic mass is 16.7. The maximum atomic E-state index is 13.3. The zero-order chi connectivity index (χ0) is 38.5. The summed E-state index contributed by atoms with van der Waals surface area (Å²) >= 11 is 0. The van der Waals surface area contributed by atoms with Gasteiger partial charge in [0, 0.05) is 66.8 Å². The van der Waals surface area contributed by atoms with E-state index in [4.69, 9.17) is 14.5 Å². The Labute approximate surface area is 323 Å². The molecule has 0 aliphatic heterocycles. The van der Waals surface area contributed by atoms with Crippen LogP contribution < -0.4 is 14.5 Å². The molecular formula is C45H24N6O6. The number of rotatable bonds is 6. The van der Waals surface area contributed by atoms with E-state index in [2.05, 4.69) is 30.4 Å². The van der Waals surface area contributed by atoms with Gasteiger partial charge in [-0.3, -0.25) is 14.4 Å². The quantitative estimate of drug-likeness (QED) is 0.164. The molecule has 1 heterocycles. The van der Waals surface area contributed by atoms with Crippen LogP contribution >= 0.6 is 0 Å². The van der Waals surface area contributed by atoms with Gasteiger partial charge in [0.2, 0.25) is 0 Å². The minimum Gasteiger partial charge on any atom is -0.314 e. The number of hydrogen-bond acceptors (Lipinski definition) is 12. The topological polar surface area (TPSA) is 155 Å². The summed E-state index contributed by atoms with van der Waals surface area (Å²) in [5.41, 5.74) is 7.32. The van der Waals surface area contributed by atoms with E-state index in [1.807, 2.05) is 0 Å². The van der Waals surface area contributed by atoms with Crippen LogP contribution in [0.15, 0.2) is 161 Å². The maximum Gasteiger partial charge on any atom is 0.355 e. The van der Waals surface area contributed by atoms with Gasteiger partial charge in [0.05, 0.1) is 0 Å². The second kappa shape index (κ2) is 13.6. The van der Waals surface area contributed by atoms with E-state index >= 15 is 0 Å². The highest BCUT2D eigenvalue weighted by Gasteiger charge is 2.31. The molecule has 0 N–H and O–H groups in total. The fourth-order valence-corrected chi connectivity index (χ4v) is 7.19. The molecule has 0 atom stereocenters. The number of fused-ring (bicyclic) bond motifs is 6. The number of aromatic nitrogens is 3. The van der Waals surface area contributed by atoms with Crippen LogP contribution in [0.1, 0.15) is 81.1 Å². The number of nitrogens with zero attached hydrogens (tertiary/aromatic N) is 6. The Morgan fingerprint density at radius 1 is 0.281 bits per heavy atom. The van der Waals surface area contributed by atoms with Crippen molar-refractivity contribution < 1.29 is 28.9 Å². The number of hydrogen-bond donors (Lipinski definition) is 0. The molecule has 10 rings (SSSR count). The van der Waals surface area contributed by atoms with E-state index < -0.39 is 0 Å². The summed E-state index contributed by atoms with van der Waals surface area (Å²) in [7, 11) is 0. The Morgan fingerprint density at radius 3 is 0.649 bits per heavy atom. The third-order valence-electron chi connectivity index (χ3n) is 9.79. The van der Waals surface area contributed by atoms with E-state index in [-0.39, 0.29) is 35.4 Å². The van der Waals surface area contributed by atoms with Gasteiger partial charge in [0.25, 0.3) is 0 Å². The molecule has 0 bridgehead atoms. The van der Waals surface area contributed by atoms with Crippen LogP contribution in [-0.2, 0) is 0 Å². The number of carbonyl (C=O) groups excluding carboxylic acids is 3. The predicted molar refractivity (Wildman–Crippen MR) is 208 cm³/mol. The normalized spacial score (nSPS) is 13.3. The zero-order valence-electron chi connectivity index (χ0n) is 29.5. The van der Waals surface area contributed by atoms with Gasteiger partial charge in [-0.2, -0.15) is 0 Å². The first-order valence-electron chi connectivity index (χ1n) is 17.7. The average Bonchev–Trinajstić information content (AvgIpc) is 3.26. The first kappa shape index (κ1) is 33.3. The van der Waals surface area contributed by atoms with Crippen molar-refractivity contribution in [1.29, 1.82) is 0 Å². The lowest BCUT2D eigenvalue weighted by Crippen LogP contribution is -2.22. The fraction of sp³-hybridized carbons (Fsp3) is 0. The van der Waals surface area contributed by atoms with Gasteiger partial charge in [-0.05, 0) is 0 Å². The summed E-state index contributed by atoms with van der Waals surface area (Å²) in [5.74, 6) is -0.403. The van der Waals surface area contributed by atoms with Crippen LogP contribution in [-0.4, -0.2) is 49.4 Å². The molecule has 1 aromatic heterocycles. The van der Waals surface area contributed by atoms with Crippen molar-refractivity contribution in [3.63, 3.8) is 0 Å². The minimum absolute atomic E-state index is 0.134. The highest BCUT2D eigenvalue weighted by Crippen LogP contribution is 2.31. The van der Waals surface area contributed by atoms with Crippen molar-refractivity contribution in [3.05, 3.63) is 212 Å². The number of carbonyl (C=O) groups is 3. The van der Waals surface area contributed by atoms with Gasteiger partial charge < -0.3 is 14.5 Å². The molecule has 3 aliphatic rings. The highest BCUT2D eigenvalue weighted by molar-refractivity contribution is 6.31. The first-order valence-corrected chi connectivity index (χ1v) is 17.7. The standard InChI is InChI=1S/C45H24N6O6/c52-40-31-19-7-1-13-25(31)37(26-14-2-8-20-32(26)40)49-55-43-46-44(56-50-38-27-15-3-9-21-33(27)41(53)34-22-10-4-16-28(34)38)48-45(47-43)57-51-39-29-17-5-11-23-35(29)42(54)36-24-12-6-18-30(36)39/h1-24H. The largest absolute Gasteiger partial charge is 0.355 e. The van der Waals surface area contributed by atoms with E-state index in [1.54, 1.807) is 146 Å². The molecule has 3 aliphatic carbocycles. The van der Waals surface area contributed by atoms with E-state index in [0.717, 1.165) is 0 Å². The van der Waals surface area contributed by atoms with Gasteiger partial charge in [-0.1, -0.05) is 161 Å². The Balaban J connectivity index is 1.08. The summed E-state index contributed by atoms with van der Waals surface area (Å²) in [6.07, 6.45) is 0. The molecular weight excluding hydrogens is 721 g/mol. The Morgan fingerprint density at radius 2 is 0.456 bits per heavy atom. The minimum atomic E-state index is -0.339. The van der Waals surface area contributed by atoms with E-state index in [0.29, 0.717) is 83.9 Å². The molecule has 12 nitrogen and oxygen atoms in total. The smallest absolute Gasteiger partial charge is 0.314 e. The van der Waals surface area contributed by atoms with Crippen molar-refractivity contribution in [1.82, 2.24) is 15.0 Å². The van der Waals surface area contributed by atoms with Gasteiger partial charge in [-0.15, -0.1) is 15.0 Å². The van der Waals surface area contributed by atoms with Gasteiger partial charge in [0.1, 0.15) is 17.1 Å². The molecule has 0 amide bonds. The number of oxime groups is 3. The van der Waals surface area contributed by atoms with Crippen LogP contribution in [0.5, 0.6) is 18.0 Å². The predicted octanol–water partition coefficient (Wildman–Crippen LogP) is 7.00. The second-order valence-electron chi connectivity index (χ2n) is 13.0. The Bertz CT molecular complexity index is 2490. The zero-order valence-corrected chi connectivity index (χ0v) is 29.5. The molecule has 57 heavy (non-hydrogen) atoms. The third kappa shape index (κ3) is 5.67. The van der Waals surface area contributed by atoms with E-state index in [1.165, 1.54) is 0 Å². The molecule has 0 spiro atoms. The van der Waals surface area contributed by atoms with Gasteiger partial charge in [0.15, 0.2) is 17.3 Å². The molecule has 7 aromatic rings. The first-order chi connectivity index (χ1) is 28.0. The lowest BCUT2D eigenvalue weighted by atomic mass is 9.84. The van der Waals surface area contributed by atoms with Gasteiger partial charge >= 0.3 is 18.0 Å². The van der Waals surface area contributed by atoms with Crippen molar-refractivity contribution in [2.45, 2.75) is 0 Å². The van der Waals surface area contributed by atoms with Crippen LogP contribution in [0.4, 0.5) is 0 Å². The van der Waals surface area contributed by atoms with Crippen molar-refractivity contribution >= 4 is 34.5 Å². The van der Waals surface area contributed by atoms with Crippen LogP contribution in [0.2, 0.25) is 0 Å². The molecule has 270 valence electrons. The molecule has 0 unspecified atom stereocenters. The van der Waals surface area contributed by atoms with Crippen LogP contribution in [0, 0.1) is 0 Å². The summed E-state index contributed by atoms with van der Waals surface area (Å²) in [6.45, 7) is 0. The maximum absolute atomic E-state index is 13.3. The molecule has 6 aromatic carbocycles. The lowest BCUT2D eigenvalue weighted by Gasteiger charge is -2.20. The van der Waals surface area contributed by atoms with Crippen molar-refractivity contribution in [2.75, 3.05) is 0 Å². The Hall–Kier alpha value is -8.25. The van der Waals surface area contributed by atoms with Crippen molar-refractivity contribution in [2.24, 2.45) is 15.5 Å². The number of benzene rings is 6. The molecule has 12 heteroatoms. The monoisotopic (exact) mass is 744 g/mol. The number of ketones is 3. The second-order valence-corrected chi connectivity index (χ2v) is 13.0. The lowest BCUT2D eigenvalue weighted by molar-refractivity contribution is 0.102. The molecule has 0 saturated heterocycles. The third-order valence-corrected chi connectivity index (χ3v) is 9.79. The summed E-state index contributed by atoms with van der Waals surface area (Å²) in [4.78, 5) is 70.7. The average molecular weight is 745 g/mol. The van der Waals surface area contributed by atoms with Crippen molar-refractivity contribution in [3.8, 4) is 18.0 Å². The van der Waals surface area contributed by atoms with E-state index in [9.17, 15) is 14.4 Å². The summed E-state index contributed by atoms with van der Waals surface area (Å²) < 4.78 is 0. The SMILES string of the molecule is O=C1c2ccccc2C(=NOc2nc(ON=C3c4ccccc4C(=O)c4ccccc43)nc(ON=C3c4ccccc4C(=O)c4ccccc43)n2)c2ccccc21. The van der Waals surface area contributed by atoms with Crippen LogP contribution in [0.25, 0.3) is 0 Å². The summed E-state index contributed by atoms with van der Waals surface area (Å²) in [6, 6.07) is 41.6. The fourth-order valence-electron chi connectivity index (χ4n) is 7.19. The van der Waals surface area contributed by atoms with Crippen LogP contribution in [0.3, 0.4) is 0 Å². The molecule has 0 radical (unpaired) electrons.